The van der Waals surface area contributed by atoms with Crippen LogP contribution in [0.25, 0.3) is 0 Å². The summed E-state index contributed by atoms with van der Waals surface area (Å²) < 4.78 is 3.50. The molecule has 0 saturated carbocycles. The molecule has 1 rings (SSSR count). The Balaban J connectivity index is 2.16. The number of nitrogens with zero attached hydrogens (tertiary/aromatic N) is 2. The second-order valence-corrected chi connectivity index (χ2v) is 9.50. The van der Waals surface area contributed by atoms with Crippen LogP contribution >= 0.6 is 11.9 Å². The Morgan fingerprint density at radius 1 is 0.812 bits per heavy atom. The molecule has 0 fully saturated rings. The van der Waals surface area contributed by atoms with Gasteiger partial charge in [0.25, 0.3) is 0 Å². The third kappa shape index (κ3) is 17.3. The molecule has 1 heterocycles. The third-order valence-corrected chi connectivity index (χ3v) is 6.55. The number of hydrogen-bond acceptors (Lipinski definition) is 6. The first-order valence-electron chi connectivity index (χ1n) is 12.6. The predicted molar refractivity (Wildman–Crippen MR) is 137 cm³/mol. The molecule has 0 spiro atoms. The summed E-state index contributed by atoms with van der Waals surface area (Å²) in [5.41, 5.74) is 2.32. The second-order valence-electron chi connectivity index (χ2n) is 8.63. The molecule has 0 unspecified atom stereocenters. The molecule has 5 nitrogen and oxygen atoms in total. The highest BCUT2D eigenvalue weighted by Gasteiger charge is 2.05. The number of aldehydes is 2. The molecule has 0 aliphatic heterocycles. The van der Waals surface area contributed by atoms with Gasteiger partial charge in [-0.25, -0.2) is 0 Å². The number of unbranched alkanes of at least 4 members (excludes halogenated alkanes) is 10. The zero-order valence-corrected chi connectivity index (χ0v) is 21.1. The fraction of sp³-hybridized carbons (Fsp3) is 0.731. The highest BCUT2D eigenvalue weighted by molar-refractivity contribution is 7.96. The highest BCUT2D eigenvalue weighted by atomic mass is 32.2. The van der Waals surface area contributed by atoms with Crippen molar-refractivity contribution in [3.63, 3.8) is 0 Å². The largest absolute Gasteiger partial charge is 0.303 e. The average Bonchev–Trinajstić information content (AvgIpc) is 2.80. The summed E-state index contributed by atoms with van der Waals surface area (Å²) in [6.07, 6.45) is 18.6. The van der Waals surface area contributed by atoms with Gasteiger partial charge in [-0.1, -0.05) is 56.5 Å². The van der Waals surface area contributed by atoms with Gasteiger partial charge >= 0.3 is 0 Å². The van der Waals surface area contributed by atoms with Gasteiger partial charge in [-0.2, -0.15) is 0 Å². The van der Waals surface area contributed by atoms with Crippen molar-refractivity contribution in [1.29, 1.82) is 0 Å². The molecule has 0 saturated heterocycles. The molecule has 0 bridgehead atoms. The van der Waals surface area contributed by atoms with Gasteiger partial charge in [0.2, 0.25) is 0 Å². The van der Waals surface area contributed by atoms with E-state index >= 15 is 0 Å². The van der Waals surface area contributed by atoms with E-state index in [2.05, 4.69) is 26.7 Å². The Morgan fingerprint density at radius 3 is 1.94 bits per heavy atom. The van der Waals surface area contributed by atoms with E-state index in [1.165, 1.54) is 70.0 Å². The van der Waals surface area contributed by atoms with E-state index in [9.17, 15) is 9.59 Å². The maximum Gasteiger partial charge on any atom is 0.119 e. The van der Waals surface area contributed by atoms with Gasteiger partial charge in [0.05, 0.1) is 0 Å². The Labute approximate surface area is 200 Å². The molecule has 1 N–H and O–H groups in total. The SMILES string of the molecule is Cc1ccc(CSNCCCN(CCCCCCCC=O)CCCCCCCC=O)cn1. The number of nitrogens with one attached hydrogen (secondary N) is 1. The minimum atomic E-state index is 0.713. The fourth-order valence-electron chi connectivity index (χ4n) is 3.69. The van der Waals surface area contributed by atoms with E-state index in [1.807, 2.05) is 13.1 Å². The first kappa shape index (κ1) is 28.8. The van der Waals surface area contributed by atoms with Crippen molar-refractivity contribution in [3.8, 4) is 0 Å². The minimum Gasteiger partial charge on any atom is -0.303 e. The van der Waals surface area contributed by atoms with Gasteiger partial charge < -0.3 is 14.5 Å². The van der Waals surface area contributed by atoms with Crippen LogP contribution in [0.2, 0.25) is 0 Å². The lowest BCUT2D eigenvalue weighted by molar-refractivity contribution is -0.108. The monoisotopic (exact) mass is 463 g/mol. The highest BCUT2D eigenvalue weighted by Crippen LogP contribution is 2.10. The maximum atomic E-state index is 10.4. The van der Waals surface area contributed by atoms with Crippen molar-refractivity contribution in [2.75, 3.05) is 26.2 Å². The molecule has 32 heavy (non-hydrogen) atoms. The Hall–Kier alpha value is -1.24. The van der Waals surface area contributed by atoms with Crippen LogP contribution in [-0.4, -0.2) is 48.6 Å². The van der Waals surface area contributed by atoms with Crippen LogP contribution in [0.5, 0.6) is 0 Å². The molecule has 0 aliphatic rings. The molecule has 0 atom stereocenters. The summed E-state index contributed by atoms with van der Waals surface area (Å²) in [4.78, 5) is 27.8. The summed E-state index contributed by atoms with van der Waals surface area (Å²) in [5, 5.41) is 0. The zero-order chi connectivity index (χ0) is 23.1. The standard InChI is InChI=1S/C26H45N3O2S/c1-25-15-16-26(23-27-25)24-32-28-17-14-20-29(18-10-6-2-4-8-12-21-30)19-11-7-3-5-9-13-22-31/h15-16,21-23,28H,2-14,17-20,24H2,1H3. The number of rotatable bonds is 23. The molecule has 6 heteroatoms. The van der Waals surface area contributed by atoms with Crippen molar-refractivity contribution in [3.05, 3.63) is 29.6 Å². The van der Waals surface area contributed by atoms with E-state index in [0.717, 1.165) is 56.4 Å². The number of carbonyl (C=O) groups is 2. The predicted octanol–water partition coefficient (Wildman–Crippen LogP) is 5.90. The molecular weight excluding hydrogens is 418 g/mol. The minimum absolute atomic E-state index is 0.713. The smallest absolute Gasteiger partial charge is 0.119 e. The fourth-order valence-corrected chi connectivity index (χ4v) is 4.42. The molecule has 0 radical (unpaired) electrons. The van der Waals surface area contributed by atoms with Gasteiger partial charge in [-0.15, -0.1) is 0 Å². The summed E-state index contributed by atoms with van der Waals surface area (Å²) in [5.74, 6) is 0.950. The summed E-state index contributed by atoms with van der Waals surface area (Å²) in [6, 6.07) is 4.22. The van der Waals surface area contributed by atoms with E-state index in [-0.39, 0.29) is 0 Å². The molecular formula is C26H45N3O2S. The van der Waals surface area contributed by atoms with Crippen molar-refractivity contribution in [1.82, 2.24) is 14.6 Å². The second kappa shape index (κ2) is 21.6. The first-order chi connectivity index (χ1) is 15.8. The van der Waals surface area contributed by atoms with Crippen LogP contribution in [0.15, 0.2) is 18.3 Å². The molecule has 0 amide bonds. The van der Waals surface area contributed by atoms with Crippen molar-refractivity contribution in [2.45, 2.75) is 96.1 Å². The van der Waals surface area contributed by atoms with E-state index in [1.54, 1.807) is 11.9 Å². The van der Waals surface area contributed by atoms with Gasteiger partial charge in [0.15, 0.2) is 0 Å². The van der Waals surface area contributed by atoms with E-state index in [4.69, 9.17) is 0 Å². The van der Waals surface area contributed by atoms with Crippen molar-refractivity contribution < 1.29 is 9.59 Å². The molecule has 1 aromatic rings. The molecule has 182 valence electrons. The van der Waals surface area contributed by atoms with Gasteiger partial charge in [0, 0.05) is 37.0 Å². The lowest BCUT2D eigenvalue weighted by Crippen LogP contribution is -2.29. The van der Waals surface area contributed by atoms with Gasteiger partial charge in [-0.05, 0) is 70.3 Å². The third-order valence-electron chi connectivity index (χ3n) is 5.66. The zero-order valence-electron chi connectivity index (χ0n) is 20.2. The normalized spacial score (nSPS) is 11.2. The Bertz CT molecular complexity index is 547. The van der Waals surface area contributed by atoms with Crippen LogP contribution in [0.1, 0.15) is 94.7 Å². The van der Waals surface area contributed by atoms with Gasteiger partial charge in [-0.3, -0.25) is 9.71 Å². The molecule has 1 aromatic heterocycles. The maximum absolute atomic E-state index is 10.4. The first-order valence-corrected chi connectivity index (χ1v) is 13.6. The number of carbonyl (C=O) groups excluding carboxylic acids is 2. The Kier molecular flexibility index (Phi) is 19.4. The van der Waals surface area contributed by atoms with Crippen LogP contribution < -0.4 is 4.72 Å². The van der Waals surface area contributed by atoms with E-state index < -0.39 is 0 Å². The average molecular weight is 464 g/mol. The summed E-state index contributed by atoms with van der Waals surface area (Å²) in [7, 11) is 0. The molecule has 0 aromatic carbocycles. The van der Waals surface area contributed by atoms with Crippen molar-refractivity contribution in [2.24, 2.45) is 0 Å². The number of hydrogen-bond donors (Lipinski definition) is 1. The topological polar surface area (TPSA) is 62.3 Å². The van der Waals surface area contributed by atoms with Crippen LogP contribution in [0.3, 0.4) is 0 Å². The number of pyridine rings is 1. The number of aromatic nitrogens is 1. The summed E-state index contributed by atoms with van der Waals surface area (Å²) >= 11 is 1.77. The number of aryl methyl sites for hydroxylation is 1. The molecule has 0 aliphatic carbocycles. The van der Waals surface area contributed by atoms with E-state index in [0.29, 0.717) is 12.8 Å². The summed E-state index contributed by atoms with van der Waals surface area (Å²) in [6.45, 7) is 6.55. The Morgan fingerprint density at radius 2 is 1.38 bits per heavy atom. The van der Waals surface area contributed by atoms with Crippen molar-refractivity contribution >= 4 is 24.5 Å². The lowest BCUT2D eigenvalue weighted by Gasteiger charge is -2.22. The van der Waals surface area contributed by atoms with Gasteiger partial charge in [0.1, 0.15) is 12.6 Å². The van der Waals surface area contributed by atoms with Crippen LogP contribution in [0.4, 0.5) is 0 Å². The lowest BCUT2D eigenvalue weighted by atomic mass is 10.1. The quantitative estimate of drug-likeness (QED) is 0.124. The van der Waals surface area contributed by atoms with Crippen LogP contribution in [0, 0.1) is 6.92 Å². The van der Waals surface area contributed by atoms with Crippen LogP contribution in [-0.2, 0) is 15.3 Å².